The van der Waals surface area contributed by atoms with E-state index in [-0.39, 0.29) is 0 Å². The molecule has 3 heteroatoms. The highest BCUT2D eigenvalue weighted by molar-refractivity contribution is 5.31. The second kappa shape index (κ2) is 6.71. The second-order valence-corrected chi connectivity index (χ2v) is 5.51. The first-order valence-electron chi connectivity index (χ1n) is 7.39. The summed E-state index contributed by atoms with van der Waals surface area (Å²) in [6, 6.07) is 9.18. The van der Waals surface area contributed by atoms with Crippen LogP contribution >= 0.6 is 0 Å². The second-order valence-electron chi connectivity index (χ2n) is 5.51. The molecule has 2 rings (SSSR count). The molecule has 20 heavy (non-hydrogen) atoms. The van der Waals surface area contributed by atoms with Crippen LogP contribution in [0.5, 0.6) is 0 Å². The zero-order chi connectivity index (χ0) is 14.5. The molecule has 0 bridgehead atoms. The van der Waals surface area contributed by atoms with Gasteiger partial charge in [0.2, 0.25) is 0 Å². The Bertz CT molecular complexity index is 557. The first-order valence-corrected chi connectivity index (χ1v) is 7.39. The summed E-state index contributed by atoms with van der Waals surface area (Å²) in [5.74, 6) is 0. The molecule has 108 valence electrons. The van der Waals surface area contributed by atoms with Crippen LogP contribution in [0.15, 0.2) is 30.5 Å². The predicted molar refractivity (Wildman–Crippen MR) is 83.9 cm³/mol. The molecule has 0 radical (unpaired) electrons. The van der Waals surface area contributed by atoms with Crippen LogP contribution in [0.25, 0.3) is 0 Å². The number of nitrogens with zero attached hydrogens (tertiary/aromatic N) is 2. The first-order chi connectivity index (χ1) is 9.61. The molecule has 0 aliphatic carbocycles. The molecule has 1 N–H and O–H groups in total. The SMILES string of the molecule is CCCNC(Cc1ccc(C)c(C)c1)c1ccnn1C. The topological polar surface area (TPSA) is 29.9 Å². The molecule has 0 aliphatic heterocycles. The van der Waals surface area contributed by atoms with E-state index in [9.17, 15) is 0 Å². The Morgan fingerprint density at radius 3 is 2.60 bits per heavy atom. The fourth-order valence-corrected chi connectivity index (χ4v) is 2.49. The Balaban J connectivity index is 2.19. The number of hydrogen-bond donors (Lipinski definition) is 1. The van der Waals surface area contributed by atoms with Crippen molar-refractivity contribution in [1.29, 1.82) is 0 Å². The molecule has 0 aliphatic rings. The van der Waals surface area contributed by atoms with Gasteiger partial charge in [-0.2, -0.15) is 5.10 Å². The molecule has 1 unspecified atom stereocenters. The first kappa shape index (κ1) is 14.8. The monoisotopic (exact) mass is 271 g/mol. The van der Waals surface area contributed by atoms with E-state index in [0.29, 0.717) is 6.04 Å². The zero-order valence-corrected chi connectivity index (χ0v) is 13.0. The van der Waals surface area contributed by atoms with Gasteiger partial charge in [0.1, 0.15) is 0 Å². The quantitative estimate of drug-likeness (QED) is 0.873. The summed E-state index contributed by atoms with van der Waals surface area (Å²) in [5.41, 5.74) is 5.34. The number of aromatic nitrogens is 2. The molecule has 2 aromatic rings. The van der Waals surface area contributed by atoms with Gasteiger partial charge in [0.15, 0.2) is 0 Å². The van der Waals surface area contributed by atoms with Crippen LogP contribution in [-0.2, 0) is 13.5 Å². The van der Waals surface area contributed by atoms with Crippen molar-refractivity contribution in [2.75, 3.05) is 6.54 Å². The molecule has 0 spiro atoms. The van der Waals surface area contributed by atoms with E-state index < -0.39 is 0 Å². The Labute approximate surface area is 122 Å². The minimum atomic E-state index is 0.324. The van der Waals surface area contributed by atoms with E-state index in [4.69, 9.17) is 0 Å². The van der Waals surface area contributed by atoms with Gasteiger partial charge >= 0.3 is 0 Å². The highest BCUT2D eigenvalue weighted by atomic mass is 15.3. The summed E-state index contributed by atoms with van der Waals surface area (Å²) in [6.45, 7) is 7.56. The average molecular weight is 271 g/mol. The third-order valence-electron chi connectivity index (χ3n) is 3.87. The highest BCUT2D eigenvalue weighted by Gasteiger charge is 2.15. The van der Waals surface area contributed by atoms with Crippen LogP contribution < -0.4 is 5.32 Å². The molecular formula is C17H25N3. The van der Waals surface area contributed by atoms with Gasteiger partial charge in [-0.1, -0.05) is 25.1 Å². The standard InChI is InChI=1S/C17H25N3/c1-5-9-18-16(17-8-10-19-20(17)4)12-15-7-6-13(2)14(3)11-15/h6-8,10-11,16,18H,5,9,12H2,1-4H3. The van der Waals surface area contributed by atoms with Gasteiger partial charge < -0.3 is 5.32 Å². The minimum Gasteiger partial charge on any atom is -0.308 e. The van der Waals surface area contributed by atoms with Gasteiger partial charge in [0.25, 0.3) is 0 Å². The summed E-state index contributed by atoms with van der Waals surface area (Å²) in [5, 5.41) is 7.93. The fourth-order valence-electron chi connectivity index (χ4n) is 2.49. The van der Waals surface area contributed by atoms with Gasteiger partial charge in [0.05, 0.1) is 11.7 Å². The van der Waals surface area contributed by atoms with Crippen LogP contribution in [0.1, 0.15) is 41.8 Å². The van der Waals surface area contributed by atoms with Gasteiger partial charge in [-0.05, 0) is 56.0 Å². The molecule has 0 saturated heterocycles. The summed E-state index contributed by atoms with van der Waals surface area (Å²) >= 11 is 0. The summed E-state index contributed by atoms with van der Waals surface area (Å²) < 4.78 is 1.97. The molecule has 1 aromatic heterocycles. The molecular weight excluding hydrogens is 246 g/mol. The third-order valence-corrected chi connectivity index (χ3v) is 3.87. The van der Waals surface area contributed by atoms with E-state index in [1.165, 1.54) is 22.4 Å². The number of rotatable bonds is 6. The lowest BCUT2D eigenvalue weighted by atomic mass is 9.99. The van der Waals surface area contributed by atoms with Crippen LogP contribution in [0.4, 0.5) is 0 Å². The van der Waals surface area contributed by atoms with Gasteiger partial charge in [-0.15, -0.1) is 0 Å². The lowest BCUT2D eigenvalue weighted by Gasteiger charge is -2.19. The van der Waals surface area contributed by atoms with Crippen molar-refractivity contribution in [3.8, 4) is 0 Å². The predicted octanol–water partition coefficient (Wildman–Crippen LogP) is 3.32. The van der Waals surface area contributed by atoms with Crippen LogP contribution in [-0.4, -0.2) is 16.3 Å². The largest absolute Gasteiger partial charge is 0.308 e. The van der Waals surface area contributed by atoms with Crippen molar-refractivity contribution >= 4 is 0 Å². The maximum atomic E-state index is 4.30. The third kappa shape index (κ3) is 3.48. The van der Waals surface area contributed by atoms with Crippen LogP contribution in [0.2, 0.25) is 0 Å². The van der Waals surface area contributed by atoms with Crippen molar-refractivity contribution in [1.82, 2.24) is 15.1 Å². The van der Waals surface area contributed by atoms with Gasteiger partial charge in [-0.25, -0.2) is 0 Å². The summed E-state index contributed by atoms with van der Waals surface area (Å²) in [4.78, 5) is 0. The zero-order valence-electron chi connectivity index (χ0n) is 13.0. The van der Waals surface area contributed by atoms with E-state index in [1.54, 1.807) is 0 Å². The van der Waals surface area contributed by atoms with Crippen LogP contribution in [0, 0.1) is 13.8 Å². The average Bonchev–Trinajstić information content (AvgIpc) is 2.85. The summed E-state index contributed by atoms with van der Waals surface area (Å²) in [7, 11) is 2.01. The van der Waals surface area contributed by atoms with Crippen LogP contribution in [0.3, 0.4) is 0 Å². The Hall–Kier alpha value is -1.61. The molecule has 1 aromatic carbocycles. The minimum absolute atomic E-state index is 0.324. The summed E-state index contributed by atoms with van der Waals surface area (Å²) in [6.07, 6.45) is 4.01. The van der Waals surface area contributed by atoms with Crippen molar-refractivity contribution in [2.45, 2.75) is 39.7 Å². The molecule has 0 saturated carbocycles. The van der Waals surface area contributed by atoms with E-state index in [1.807, 2.05) is 17.9 Å². The van der Waals surface area contributed by atoms with E-state index >= 15 is 0 Å². The molecule has 1 heterocycles. The maximum Gasteiger partial charge on any atom is 0.0553 e. The maximum absolute atomic E-state index is 4.30. The number of aryl methyl sites for hydroxylation is 3. The van der Waals surface area contributed by atoms with Crippen molar-refractivity contribution in [3.05, 3.63) is 52.8 Å². The lowest BCUT2D eigenvalue weighted by Crippen LogP contribution is -2.26. The number of hydrogen-bond acceptors (Lipinski definition) is 2. The van der Waals surface area contributed by atoms with Crippen molar-refractivity contribution < 1.29 is 0 Å². The Kier molecular flexibility index (Phi) is 4.96. The number of nitrogens with one attached hydrogen (secondary N) is 1. The molecule has 0 fully saturated rings. The van der Waals surface area contributed by atoms with Gasteiger partial charge in [0, 0.05) is 13.2 Å². The van der Waals surface area contributed by atoms with E-state index in [2.05, 4.69) is 55.5 Å². The Morgan fingerprint density at radius 2 is 2.00 bits per heavy atom. The smallest absolute Gasteiger partial charge is 0.0553 e. The molecule has 3 nitrogen and oxygen atoms in total. The van der Waals surface area contributed by atoms with Crippen molar-refractivity contribution in [3.63, 3.8) is 0 Å². The normalized spacial score (nSPS) is 12.6. The van der Waals surface area contributed by atoms with Crippen molar-refractivity contribution in [2.24, 2.45) is 7.05 Å². The number of benzene rings is 1. The van der Waals surface area contributed by atoms with E-state index in [0.717, 1.165) is 19.4 Å². The molecule has 1 atom stereocenters. The van der Waals surface area contributed by atoms with Gasteiger partial charge in [-0.3, -0.25) is 4.68 Å². The Morgan fingerprint density at radius 1 is 1.20 bits per heavy atom. The molecule has 0 amide bonds. The lowest BCUT2D eigenvalue weighted by molar-refractivity contribution is 0.493. The fraction of sp³-hybridized carbons (Fsp3) is 0.471. The highest BCUT2D eigenvalue weighted by Crippen LogP contribution is 2.19.